The maximum Gasteiger partial charge on any atom is 0.270 e. The van der Waals surface area contributed by atoms with Crippen molar-refractivity contribution in [2.75, 3.05) is 13.6 Å². The Hall–Kier alpha value is -3.08. The summed E-state index contributed by atoms with van der Waals surface area (Å²) < 4.78 is 12.8. The van der Waals surface area contributed by atoms with E-state index in [1.165, 1.54) is 17.2 Å². The quantitative estimate of drug-likeness (QED) is 0.772. The molecule has 0 spiro atoms. The van der Waals surface area contributed by atoms with Gasteiger partial charge in [0, 0.05) is 38.1 Å². The van der Waals surface area contributed by atoms with Crippen LogP contribution in [0.25, 0.3) is 0 Å². The predicted octanol–water partition coefficient (Wildman–Crippen LogP) is 1.24. The van der Waals surface area contributed by atoms with E-state index in [1.54, 1.807) is 14.0 Å². The first-order valence-corrected chi connectivity index (χ1v) is 6.90. The fraction of sp³-hybridized carbons (Fsp3) is 0.267. The summed E-state index contributed by atoms with van der Waals surface area (Å²) in [5, 5.41) is 11.4. The van der Waals surface area contributed by atoms with Crippen molar-refractivity contribution in [1.29, 1.82) is 5.26 Å². The highest BCUT2D eigenvalue weighted by atomic mass is 19.1. The molecule has 0 radical (unpaired) electrons. The SMILES string of the molecule is CC(CNC(=O)c1cc(F)c[nH]1)N(C)C(=O)c1cc(C#N)c[nH]1. The van der Waals surface area contributed by atoms with Crippen molar-refractivity contribution in [3.05, 3.63) is 47.3 Å². The molecule has 0 fully saturated rings. The Bertz CT molecular complexity index is 758. The third-order valence-corrected chi connectivity index (χ3v) is 3.47. The van der Waals surface area contributed by atoms with Gasteiger partial charge in [-0.05, 0) is 13.0 Å². The van der Waals surface area contributed by atoms with Crippen molar-refractivity contribution in [2.45, 2.75) is 13.0 Å². The first kappa shape index (κ1) is 16.3. The third kappa shape index (κ3) is 3.77. The Kier molecular flexibility index (Phi) is 4.81. The van der Waals surface area contributed by atoms with Crippen molar-refractivity contribution in [2.24, 2.45) is 0 Å². The van der Waals surface area contributed by atoms with E-state index in [0.717, 1.165) is 12.3 Å². The zero-order valence-corrected chi connectivity index (χ0v) is 12.7. The molecule has 3 N–H and O–H groups in total. The highest BCUT2D eigenvalue weighted by Crippen LogP contribution is 2.08. The molecule has 2 amide bonds. The summed E-state index contributed by atoms with van der Waals surface area (Å²) in [6.07, 6.45) is 2.54. The molecule has 120 valence electrons. The van der Waals surface area contributed by atoms with Crippen molar-refractivity contribution in [1.82, 2.24) is 20.2 Å². The largest absolute Gasteiger partial charge is 0.356 e. The maximum absolute atomic E-state index is 12.8. The van der Waals surface area contributed by atoms with Gasteiger partial charge in [-0.3, -0.25) is 9.59 Å². The molecule has 0 aromatic carbocycles. The summed E-state index contributed by atoms with van der Waals surface area (Å²) in [6.45, 7) is 1.97. The van der Waals surface area contributed by atoms with Crippen LogP contribution in [-0.2, 0) is 0 Å². The van der Waals surface area contributed by atoms with E-state index in [0.29, 0.717) is 11.3 Å². The van der Waals surface area contributed by atoms with Crippen LogP contribution in [0.3, 0.4) is 0 Å². The van der Waals surface area contributed by atoms with E-state index in [2.05, 4.69) is 15.3 Å². The number of rotatable bonds is 5. The summed E-state index contributed by atoms with van der Waals surface area (Å²) >= 11 is 0. The first-order valence-electron chi connectivity index (χ1n) is 6.90. The summed E-state index contributed by atoms with van der Waals surface area (Å²) in [5.74, 6) is -1.26. The molecule has 0 saturated carbocycles. The molecule has 0 aliphatic rings. The van der Waals surface area contributed by atoms with Gasteiger partial charge in [0.15, 0.2) is 0 Å². The number of aromatic nitrogens is 2. The lowest BCUT2D eigenvalue weighted by atomic mass is 10.2. The number of carbonyl (C=O) groups excluding carboxylic acids is 2. The van der Waals surface area contributed by atoms with Crippen LogP contribution >= 0.6 is 0 Å². The summed E-state index contributed by atoms with van der Waals surface area (Å²) in [6, 6.07) is 4.20. The number of hydrogen-bond acceptors (Lipinski definition) is 3. The Labute approximate surface area is 132 Å². The van der Waals surface area contributed by atoms with E-state index >= 15 is 0 Å². The van der Waals surface area contributed by atoms with Crippen LogP contribution < -0.4 is 5.32 Å². The fourth-order valence-electron chi connectivity index (χ4n) is 1.94. The molecule has 2 heterocycles. The van der Waals surface area contributed by atoms with Gasteiger partial charge in [-0.15, -0.1) is 0 Å². The molecule has 8 heteroatoms. The highest BCUT2D eigenvalue weighted by Gasteiger charge is 2.20. The Morgan fingerprint density at radius 1 is 1.35 bits per heavy atom. The molecule has 1 atom stereocenters. The molecule has 0 aliphatic carbocycles. The van der Waals surface area contributed by atoms with Crippen molar-refractivity contribution >= 4 is 11.8 Å². The molecule has 0 saturated heterocycles. The lowest BCUT2D eigenvalue weighted by Crippen LogP contribution is -2.43. The predicted molar refractivity (Wildman–Crippen MR) is 80.1 cm³/mol. The molecule has 0 bridgehead atoms. The summed E-state index contributed by atoms with van der Waals surface area (Å²) in [4.78, 5) is 30.8. The second-order valence-electron chi connectivity index (χ2n) is 5.12. The maximum atomic E-state index is 12.8. The monoisotopic (exact) mass is 317 g/mol. The number of carbonyl (C=O) groups is 2. The van der Waals surface area contributed by atoms with Crippen molar-refractivity contribution in [3.8, 4) is 6.07 Å². The van der Waals surface area contributed by atoms with Crippen molar-refractivity contribution in [3.63, 3.8) is 0 Å². The lowest BCUT2D eigenvalue weighted by molar-refractivity contribution is 0.0726. The number of aromatic amines is 2. The Balaban J connectivity index is 1.92. The topological polar surface area (TPSA) is 105 Å². The Morgan fingerprint density at radius 2 is 2.04 bits per heavy atom. The van der Waals surface area contributed by atoms with Crippen LogP contribution in [0, 0.1) is 17.1 Å². The number of H-pyrrole nitrogens is 2. The van der Waals surface area contributed by atoms with E-state index < -0.39 is 11.7 Å². The molecule has 2 rings (SSSR count). The molecule has 0 aliphatic heterocycles. The first-order chi connectivity index (χ1) is 10.9. The van der Waals surface area contributed by atoms with Gasteiger partial charge in [0.25, 0.3) is 11.8 Å². The molecule has 1 unspecified atom stereocenters. The minimum Gasteiger partial charge on any atom is -0.356 e. The van der Waals surface area contributed by atoms with Crippen LogP contribution in [0.2, 0.25) is 0 Å². The third-order valence-electron chi connectivity index (χ3n) is 3.47. The standard InChI is InChI=1S/C15H16FN5O2/c1-9(6-20-14(22)12-4-11(16)8-19-12)21(2)15(23)13-3-10(5-17)7-18-13/h3-4,7-9,18-19H,6H2,1-2H3,(H,20,22). The van der Waals surface area contributed by atoms with Gasteiger partial charge in [-0.2, -0.15) is 5.26 Å². The summed E-state index contributed by atoms with van der Waals surface area (Å²) in [7, 11) is 1.60. The van der Waals surface area contributed by atoms with Crippen LogP contribution in [0.5, 0.6) is 0 Å². The number of likely N-dealkylation sites (N-methyl/N-ethyl adjacent to an activating group) is 1. The minimum absolute atomic E-state index is 0.117. The number of nitrogens with one attached hydrogen (secondary N) is 3. The Morgan fingerprint density at radius 3 is 2.61 bits per heavy atom. The van der Waals surface area contributed by atoms with Crippen molar-refractivity contribution < 1.29 is 14.0 Å². The number of nitrogens with zero attached hydrogens (tertiary/aromatic N) is 2. The second kappa shape index (κ2) is 6.79. The number of nitriles is 1. The average Bonchev–Trinajstić information content (AvgIpc) is 3.19. The van der Waals surface area contributed by atoms with Gasteiger partial charge in [-0.1, -0.05) is 0 Å². The summed E-state index contributed by atoms with van der Waals surface area (Å²) in [5.41, 5.74) is 0.789. The number of hydrogen-bond donors (Lipinski definition) is 3. The zero-order valence-electron chi connectivity index (χ0n) is 12.7. The van der Waals surface area contributed by atoms with Gasteiger partial charge in [-0.25, -0.2) is 4.39 Å². The second-order valence-corrected chi connectivity index (χ2v) is 5.12. The van der Waals surface area contributed by atoms with Crippen LogP contribution in [0.15, 0.2) is 24.5 Å². The molecule has 7 nitrogen and oxygen atoms in total. The van der Waals surface area contributed by atoms with E-state index in [1.807, 2.05) is 6.07 Å². The molecular formula is C15H16FN5O2. The van der Waals surface area contributed by atoms with Crippen LogP contribution in [0.4, 0.5) is 4.39 Å². The smallest absolute Gasteiger partial charge is 0.270 e. The van der Waals surface area contributed by atoms with E-state index in [4.69, 9.17) is 5.26 Å². The van der Waals surface area contributed by atoms with E-state index in [-0.39, 0.29) is 24.2 Å². The number of halogens is 1. The van der Waals surface area contributed by atoms with Gasteiger partial charge in [0.1, 0.15) is 23.3 Å². The molecule has 2 aromatic heterocycles. The van der Waals surface area contributed by atoms with E-state index in [9.17, 15) is 14.0 Å². The average molecular weight is 317 g/mol. The highest BCUT2D eigenvalue weighted by molar-refractivity contribution is 5.93. The lowest BCUT2D eigenvalue weighted by Gasteiger charge is -2.24. The minimum atomic E-state index is -0.518. The van der Waals surface area contributed by atoms with Gasteiger partial charge in [0.05, 0.1) is 5.56 Å². The van der Waals surface area contributed by atoms with Gasteiger partial charge >= 0.3 is 0 Å². The molecular weight excluding hydrogens is 301 g/mol. The number of amides is 2. The van der Waals surface area contributed by atoms with Gasteiger partial charge < -0.3 is 20.2 Å². The molecule has 23 heavy (non-hydrogen) atoms. The van der Waals surface area contributed by atoms with Gasteiger partial charge in [0.2, 0.25) is 0 Å². The zero-order chi connectivity index (χ0) is 17.0. The van der Waals surface area contributed by atoms with Crippen LogP contribution in [-0.4, -0.2) is 46.3 Å². The fourth-order valence-corrected chi connectivity index (χ4v) is 1.94. The molecule has 2 aromatic rings. The van der Waals surface area contributed by atoms with Crippen LogP contribution in [0.1, 0.15) is 33.5 Å². The normalized spacial score (nSPS) is 11.6.